The summed E-state index contributed by atoms with van der Waals surface area (Å²) in [5.41, 5.74) is 2.95. The first-order chi connectivity index (χ1) is 13.8. The quantitative estimate of drug-likeness (QED) is 0.786. The van der Waals surface area contributed by atoms with Gasteiger partial charge in [-0.05, 0) is 67.6 Å². The molecule has 0 radical (unpaired) electrons. The molecule has 1 aliphatic heterocycles. The maximum atomic E-state index is 12.7. The molecule has 29 heavy (non-hydrogen) atoms. The molecule has 3 rings (SSSR count). The van der Waals surface area contributed by atoms with Gasteiger partial charge in [-0.1, -0.05) is 18.2 Å². The molecular formula is C22H28N2O4S. The number of nitrogens with one attached hydrogen (secondary N) is 1. The Morgan fingerprint density at radius 2 is 1.72 bits per heavy atom. The zero-order valence-corrected chi connectivity index (χ0v) is 18.0. The molecule has 1 fully saturated rings. The second kappa shape index (κ2) is 8.97. The van der Waals surface area contributed by atoms with Crippen LogP contribution in [0.3, 0.4) is 0 Å². The van der Waals surface area contributed by atoms with Crippen molar-refractivity contribution in [2.75, 3.05) is 20.2 Å². The minimum Gasteiger partial charge on any atom is -0.497 e. The maximum absolute atomic E-state index is 12.7. The lowest BCUT2D eigenvalue weighted by Gasteiger charge is -2.32. The summed E-state index contributed by atoms with van der Waals surface area (Å²) in [6, 6.07) is 12.5. The second-order valence-electron chi connectivity index (χ2n) is 7.55. The normalized spacial score (nSPS) is 15.3. The number of methoxy groups -OCH3 is 1. The monoisotopic (exact) mass is 416 g/mol. The van der Waals surface area contributed by atoms with Gasteiger partial charge in [0.1, 0.15) is 5.75 Å². The van der Waals surface area contributed by atoms with Crippen molar-refractivity contribution in [2.24, 2.45) is 0 Å². The van der Waals surface area contributed by atoms with Crippen LogP contribution in [0, 0.1) is 13.8 Å². The molecule has 0 aliphatic carbocycles. The summed E-state index contributed by atoms with van der Waals surface area (Å²) >= 11 is 0. The van der Waals surface area contributed by atoms with Crippen molar-refractivity contribution in [3.05, 3.63) is 59.2 Å². The van der Waals surface area contributed by atoms with Crippen LogP contribution in [0.4, 0.5) is 0 Å². The van der Waals surface area contributed by atoms with Gasteiger partial charge in [0.25, 0.3) is 0 Å². The van der Waals surface area contributed by atoms with E-state index in [9.17, 15) is 13.2 Å². The Bertz CT molecular complexity index is 963. The number of piperidine rings is 1. The van der Waals surface area contributed by atoms with Crippen LogP contribution in [-0.2, 0) is 21.2 Å². The maximum Gasteiger partial charge on any atom is 0.240 e. The highest BCUT2D eigenvalue weighted by molar-refractivity contribution is 7.89. The molecule has 1 N–H and O–H groups in total. The fourth-order valence-electron chi connectivity index (χ4n) is 3.45. The zero-order chi connectivity index (χ0) is 21.0. The summed E-state index contributed by atoms with van der Waals surface area (Å²) in [5.74, 6) is 0.823. The van der Waals surface area contributed by atoms with Gasteiger partial charge in [-0.2, -0.15) is 0 Å². The first-order valence-corrected chi connectivity index (χ1v) is 11.3. The van der Waals surface area contributed by atoms with Crippen molar-refractivity contribution in [2.45, 2.75) is 44.0 Å². The van der Waals surface area contributed by atoms with Crippen LogP contribution in [-0.4, -0.2) is 45.5 Å². The Hall–Kier alpha value is -2.38. The number of benzene rings is 2. The fourth-order valence-corrected chi connectivity index (χ4v) is 4.83. The van der Waals surface area contributed by atoms with E-state index in [4.69, 9.17) is 4.74 Å². The van der Waals surface area contributed by atoms with Crippen LogP contribution in [0.2, 0.25) is 0 Å². The van der Waals surface area contributed by atoms with Crippen LogP contribution >= 0.6 is 0 Å². The molecule has 1 aliphatic rings. The van der Waals surface area contributed by atoms with E-state index in [-0.39, 0.29) is 11.9 Å². The highest BCUT2D eigenvalue weighted by atomic mass is 32.2. The van der Waals surface area contributed by atoms with Gasteiger partial charge in [0.15, 0.2) is 0 Å². The third kappa shape index (κ3) is 5.36. The third-order valence-corrected chi connectivity index (χ3v) is 6.99. The average molecular weight is 417 g/mol. The summed E-state index contributed by atoms with van der Waals surface area (Å²) in [6.45, 7) is 4.96. The van der Waals surface area contributed by atoms with Gasteiger partial charge >= 0.3 is 0 Å². The first kappa shape index (κ1) is 21.3. The number of carbonyl (C=O) groups is 1. The fraction of sp³-hybridized carbons (Fsp3) is 0.409. The lowest BCUT2D eigenvalue weighted by atomic mass is 10.0. The molecule has 156 valence electrons. The van der Waals surface area contributed by atoms with Crippen LogP contribution in [0.25, 0.3) is 0 Å². The molecule has 0 aromatic heterocycles. The third-order valence-electron chi connectivity index (χ3n) is 5.47. The van der Waals surface area contributed by atoms with Crippen LogP contribution in [0.5, 0.6) is 5.75 Å². The standard InChI is InChI=1S/C22H28N2O4S/c1-16-4-9-21(14-17(16)2)29(26,27)23-19-10-12-24(13-11-19)22(25)15-18-5-7-20(28-3)8-6-18/h4-9,14,19,23H,10-13,15H2,1-3H3. The van der Waals surface area contributed by atoms with Gasteiger partial charge in [0, 0.05) is 19.1 Å². The molecular weight excluding hydrogens is 388 g/mol. The van der Waals surface area contributed by atoms with Gasteiger partial charge in [0.05, 0.1) is 18.4 Å². The van der Waals surface area contributed by atoms with Crippen LogP contribution < -0.4 is 9.46 Å². The average Bonchev–Trinajstić information content (AvgIpc) is 2.70. The predicted octanol–water partition coefficient (Wildman–Crippen LogP) is 2.82. The van der Waals surface area contributed by atoms with E-state index in [1.54, 1.807) is 19.2 Å². The van der Waals surface area contributed by atoms with Gasteiger partial charge in [-0.3, -0.25) is 4.79 Å². The number of aryl methyl sites for hydroxylation is 2. The molecule has 0 saturated carbocycles. The van der Waals surface area contributed by atoms with Crippen molar-refractivity contribution in [1.82, 2.24) is 9.62 Å². The van der Waals surface area contributed by atoms with Gasteiger partial charge < -0.3 is 9.64 Å². The number of ether oxygens (including phenoxy) is 1. The van der Waals surface area contributed by atoms with E-state index >= 15 is 0 Å². The topological polar surface area (TPSA) is 75.7 Å². The molecule has 0 spiro atoms. The van der Waals surface area contributed by atoms with Crippen molar-refractivity contribution in [3.63, 3.8) is 0 Å². The number of hydrogen-bond donors (Lipinski definition) is 1. The van der Waals surface area contributed by atoms with Crippen molar-refractivity contribution in [3.8, 4) is 5.75 Å². The van der Waals surface area contributed by atoms with Gasteiger partial charge in [-0.25, -0.2) is 13.1 Å². The number of likely N-dealkylation sites (tertiary alicyclic amines) is 1. The van der Waals surface area contributed by atoms with E-state index < -0.39 is 10.0 Å². The molecule has 0 bridgehead atoms. The molecule has 7 heteroatoms. The summed E-state index contributed by atoms with van der Waals surface area (Å²) in [7, 11) is -1.95. The van der Waals surface area contributed by atoms with Crippen LogP contribution in [0.15, 0.2) is 47.4 Å². The molecule has 2 aromatic rings. The van der Waals surface area contributed by atoms with Crippen molar-refractivity contribution in [1.29, 1.82) is 0 Å². The molecule has 1 heterocycles. The Labute approximate surface area is 172 Å². The first-order valence-electron chi connectivity index (χ1n) is 9.79. The van der Waals surface area contributed by atoms with E-state index in [0.29, 0.717) is 37.2 Å². The lowest BCUT2D eigenvalue weighted by molar-refractivity contribution is -0.131. The largest absolute Gasteiger partial charge is 0.497 e. The Balaban J connectivity index is 1.54. The summed E-state index contributed by atoms with van der Waals surface area (Å²) in [4.78, 5) is 14.7. The van der Waals surface area contributed by atoms with Crippen molar-refractivity contribution < 1.29 is 17.9 Å². The van der Waals surface area contributed by atoms with E-state index in [0.717, 1.165) is 22.4 Å². The number of rotatable bonds is 6. The van der Waals surface area contributed by atoms with Crippen molar-refractivity contribution >= 4 is 15.9 Å². The Kier molecular flexibility index (Phi) is 6.59. The number of amides is 1. The molecule has 0 unspecified atom stereocenters. The summed E-state index contributed by atoms with van der Waals surface area (Å²) < 4.78 is 33.3. The van der Waals surface area contributed by atoms with E-state index in [1.165, 1.54) is 0 Å². The Morgan fingerprint density at radius 3 is 2.31 bits per heavy atom. The van der Waals surface area contributed by atoms with Crippen LogP contribution in [0.1, 0.15) is 29.5 Å². The second-order valence-corrected chi connectivity index (χ2v) is 9.26. The molecule has 2 aromatic carbocycles. The highest BCUT2D eigenvalue weighted by Crippen LogP contribution is 2.19. The summed E-state index contributed by atoms with van der Waals surface area (Å²) in [6.07, 6.45) is 1.56. The number of nitrogens with zero attached hydrogens (tertiary/aromatic N) is 1. The molecule has 1 saturated heterocycles. The van der Waals surface area contributed by atoms with Gasteiger partial charge in [0.2, 0.25) is 15.9 Å². The van der Waals surface area contributed by atoms with E-state index in [2.05, 4.69) is 4.72 Å². The lowest BCUT2D eigenvalue weighted by Crippen LogP contribution is -2.46. The molecule has 0 atom stereocenters. The minimum absolute atomic E-state index is 0.0608. The number of carbonyl (C=O) groups excluding carboxylic acids is 1. The minimum atomic E-state index is -3.56. The molecule has 6 nitrogen and oxygen atoms in total. The highest BCUT2D eigenvalue weighted by Gasteiger charge is 2.26. The van der Waals surface area contributed by atoms with E-state index in [1.807, 2.05) is 49.1 Å². The number of hydrogen-bond acceptors (Lipinski definition) is 4. The number of sulfonamides is 1. The Morgan fingerprint density at radius 1 is 1.07 bits per heavy atom. The molecule has 1 amide bonds. The smallest absolute Gasteiger partial charge is 0.240 e. The zero-order valence-electron chi connectivity index (χ0n) is 17.1. The SMILES string of the molecule is COc1ccc(CC(=O)N2CCC(NS(=O)(=O)c3ccc(C)c(C)c3)CC2)cc1. The predicted molar refractivity (Wildman–Crippen MR) is 113 cm³/mol. The van der Waals surface area contributed by atoms with Gasteiger partial charge in [-0.15, -0.1) is 0 Å². The summed E-state index contributed by atoms with van der Waals surface area (Å²) in [5, 5.41) is 0.